The first-order valence-electron chi connectivity index (χ1n) is 6.55. The van der Waals surface area contributed by atoms with Crippen molar-refractivity contribution < 1.29 is 9.18 Å². The maximum absolute atomic E-state index is 13.5. The summed E-state index contributed by atoms with van der Waals surface area (Å²) < 4.78 is 13.5. The molecule has 0 spiro atoms. The minimum absolute atomic E-state index is 0.00394. The molecule has 1 aromatic rings. The van der Waals surface area contributed by atoms with Gasteiger partial charge in [0.15, 0.2) is 0 Å². The van der Waals surface area contributed by atoms with Crippen LogP contribution in [0.25, 0.3) is 0 Å². The molecule has 1 aliphatic rings. The number of nitrogens with one attached hydrogen (secondary N) is 1. The molecule has 0 saturated heterocycles. The number of amides is 1. The van der Waals surface area contributed by atoms with E-state index in [4.69, 9.17) is 0 Å². The van der Waals surface area contributed by atoms with Crippen LogP contribution < -0.4 is 5.32 Å². The number of benzene rings is 1. The predicted molar refractivity (Wildman–Crippen MR) is 69.8 cm³/mol. The Kier molecular flexibility index (Phi) is 3.84. The van der Waals surface area contributed by atoms with Crippen LogP contribution in [0.4, 0.5) is 4.39 Å². The first-order valence-corrected chi connectivity index (χ1v) is 6.55. The molecule has 2 rings (SSSR count). The van der Waals surface area contributed by atoms with Gasteiger partial charge >= 0.3 is 0 Å². The second-order valence-electron chi connectivity index (χ2n) is 5.31. The van der Waals surface area contributed by atoms with Crippen LogP contribution in [-0.4, -0.2) is 11.4 Å². The van der Waals surface area contributed by atoms with E-state index in [0.29, 0.717) is 18.8 Å². The van der Waals surface area contributed by atoms with E-state index >= 15 is 0 Å². The van der Waals surface area contributed by atoms with Gasteiger partial charge in [-0.1, -0.05) is 19.1 Å². The van der Waals surface area contributed by atoms with Crippen molar-refractivity contribution in [1.82, 2.24) is 5.32 Å². The van der Waals surface area contributed by atoms with Crippen LogP contribution in [-0.2, 0) is 0 Å². The summed E-state index contributed by atoms with van der Waals surface area (Å²) in [6.07, 6.45) is 3.08. The van der Waals surface area contributed by atoms with Crippen molar-refractivity contribution >= 4 is 5.91 Å². The smallest absolute Gasteiger partial charge is 0.255 e. The fourth-order valence-electron chi connectivity index (χ4n) is 2.45. The highest BCUT2D eigenvalue weighted by Crippen LogP contribution is 2.31. The highest BCUT2D eigenvalue weighted by Gasteiger charge is 2.36. The van der Waals surface area contributed by atoms with Crippen molar-refractivity contribution in [3.8, 4) is 6.07 Å². The molecule has 0 aromatic heterocycles. The van der Waals surface area contributed by atoms with Crippen LogP contribution >= 0.6 is 0 Å². The van der Waals surface area contributed by atoms with Gasteiger partial charge in [0.2, 0.25) is 0 Å². The van der Waals surface area contributed by atoms with Crippen LogP contribution in [0, 0.1) is 23.1 Å². The van der Waals surface area contributed by atoms with E-state index in [-0.39, 0.29) is 5.56 Å². The molecule has 0 radical (unpaired) electrons. The molecule has 4 heteroatoms. The van der Waals surface area contributed by atoms with Crippen molar-refractivity contribution in [2.75, 3.05) is 0 Å². The van der Waals surface area contributed by atoms with Crippen molar-refractivity contribution in [1.29, 1.82) is 5.26 Å². The third-order valence-corrected chi connectivity index (χ3v) is 3.81. The van der Waals surface area contributed by atoms with Crippen LogP contribution in [0.15, 0.2) is 24.3 Å². The monoisotopic (exact) mass is 260 g/mol. The zero-order valence-electron chi connectivity index (χ0n) is 10.9. The second-order valence-corrected chi connectivity index (χ2v) is 5.31. The van der Waals surface area contributed by atoms with Crippen LogP contribution in [0.5, 0.6) is 0 Å². The molecule has 1 aromatic carbocycles. The molecule has 100 valence electrons. The SMILES string of the molecule is CC1CCC(C#N)(NC(=O)c2ccccc2F)CC1. The van der Waals surface area contributed by atoms with E-state index in [0.717, 1.165) is 12.8 Å². The van der Waals surface area contributed by atoms with Gasteiger partial charge in [-0.2, -0.15) is 5.26 Å². The molecule has 19 heavy (non-hydrogen) atoms. The Labute approximate surface area is 112 Å². The number of nitrogens with zero attached hydrogens (tertiary/aromatic N) is 1. The molecule has 3 nitrogen and oxygen atoms in total. The summed E-state index contributed by atoms with van der Waals surface area (Å²) in [6, 6.07) is 8.03. The molecule has 1 saturated carbocycles. The number of hydrogen-bond acceptors (Lipinski definition) is 2. The van der Waals surface area contributed by atoms with E-state index in [2.05, 4.69) is 18.3 Å². The molecule has 1 aliphatic carbocycles. The Bertz CT molecular complexity index is 513. The lowest BCUT2D eigenvalue weighted by atomic mass is 9.78. The lowest BCUT2D eigenvalue weighted by Crippen LogP contribution is -2.49. The summed E-state index contributed by atoms with van der Waals surface area (Å²) in [5.74, 6) is -0.488. The highest BCUT2D eigenvalue weighted by molar-refractivity contribution is 5.95. The fourth-order valence-corrected chi connectivity index (χ4v) is 2.45. The fraction of sp³-hybridized carbons (Fsp3) is 0.467. The lowest BCUT2D eigenvalue weighted by molar-refractivity contribution is 0.0890. The molecule has 1 amide bonds. The van der Waals surface area contributed by atoms with Crippen molar-refractivity contribution in [2.24, 2.45) is 5.92 Å². The number of hydrogen-bond donors (Lipinski definition) is 1. The number of halogens is 1. The van der Waals surface area contributed by atoms with Gasteiger partial charge in [-0.05, 0) is 43.7 Å². The molecule has 0 heterocycles. The molecular formula is C15H17FN2O. The quantitative estimate of drug-likeness (QED) is 0.888. The molecular weight excluding hydrogens is 243 g/mol. The summed E-state index contributed by atoms with van der Waals surface area (Å²) in [5, 5.41) is 12.1. The summed E-state index contributed by atoms with van der Waals surface area (Å²) in [6.45, 7) is 2.14. The Morgan fingerprint density at radius 1 is 1.42 bits per heavy atom. The average Bonchev–Trinajstić information content (AvgIpc) is 2.42. The van der Waals surface area contributed by atoms with Gasteiger partial charge in [0, 0.05) is 0 Å². The van der Waals surface area contributed by atoms with Crippen molar-refractivity contribution in [2.45, 2.75) is 38.1 Å². The number of carbonyl (C=O) groups excluding carboxylic acids is 1. The van der Waals surface area contributed by atoms with Crippen LogP contribution in [0.3, 0.4) is 0 Å². The third-order valence-electron chi connectivity index (χ3n) is 3.81. The summed E-state index contributed by atoms with van der Waals surface area (Å²) in [5.41, 5.74) is -0.845. The van der Waals surface area contributed by atoms with Gasteiger partial charge in [0.25, 0.3) is 5.91 Å². The Morgan fingerprint density at radius 2 is 2.05 bits per heavy atom. The van der Waals surface area contributed by atoms with Gasteiger partial charge < -0.3 is 5.32 Å². The molecule has 0 unspecified atom stereocenters. The standard InChI is InChI=1S/C15H17FN2O/c1-11-6-8-15(10-17,9-7-11)18-14(19)12-4-2-3-5-13(12)16/h2-5,11H,6-9H2,1H3,(H,18,19). The second kappa shape index (κ2) is 5.40. The Balaban J connectivity index is 2.14. The molecule has 1 N–H and O–H groups in total. The third kappa shape index (κ3) is 2.93. The maximum Gasteiger partial charge on any atom is 0.255 e. The van der Waals surface area contributed by atoms with E-state index in [1.165, 1.54) is 18.2 Å². The minimum atomic E-state index is -0.841. The van der Waals surface area contributed by atoms with E-state index < -0.39 is 17.3 Å². The number of carbonyl (C=O) groups is 1. The van der Waals surface area contributed by atoms with Gasteiger partial charge in [0.05, 0.1) is 11.6 Å². The average molecular weight is 260 g/mol. The predicted octanol–water partition coefficient (Wildman–Crippen LogP) is 3.03. The largest absolute Gasteiger partial charge is 0.334 e. The molecule has 0 aliphatic heterocycles. The maximum atomic E-state index is 13.5. The minimum Gasteiger partial charge on any atom is -0.334 e. The Morgan fingerprint density at radius 3 is 2.63 bits per heavy atom. The normalized spacial score (nSPS) is 26.5. The van der Waals surface area contributed by atoms with E-state index in [1.807, 2.05) is 0 Å². The number of nitriles is 1. The molecule has 1 fully saturated rings. The summed E-state index contributed by atoms with van der Waals surface area (Å²) in [4.78, 5) is 12.1. The van der Waals surface area contributed by atoms with Crippen LogP contribution in [0.2, 0.25) is 0 Å². The van der Waals surface area contributed by atoms with Crippen molar-refractivity contribution in [3.63, 3.8) is 0 Å². The first-order chi connectivity index (χ1) is 9.06. The van der Waals surface area contributed by atoms with E-state index in [9.17, 15) is 14.4 Å². The lowest BCUT2D eigenvalue weighted by Gasteiger charge is -2.34. The zero-order valence-corrected chi connectivity index (χ0v) is 10.9. The highest BCUT2D eigenvalue weighted by atomic mass is 19.1. The van der Waals surface area contributed by atoms with Gasteiger partial charge in [0.1, 0.15) is 11.4 Å². The van der Waals surface area contributed by atoms with E-state index in [1.54, 1.807) is 6.07 Å². The van der Waals surface area contributed by atoms with Crippen LogP contribution in [0.1, 0.15) is 43.0 Å². The number of rotatable bonds is 2. The molecule has 0 bridgehead atoms. The Hall–Kier alpha value is -1.89. The van der Waals surface area contributed by atoms with Gasteiger partial charge in [-0.15, -0.1) is 0 Å². The first kappa shape index (κ1) is 13.5. The zero-order chi connectivity index (χ0) is 13.9. The van der Waals surface area contributed by atoms with Gasteiger partial charge in [-0.25, -0.2) is 4.39 Å². The topological polar surface area (TPSA) is 52.9 Å². The van der Waals surface area contributed by atoms with Gasteiger partial charge in [-0.3, -0.25) is 4.79 Å². The molecule has 0 atom stereocenters. The van der Waals surface area contributed by atoms with Crippen molar-refractivity contribution in [3.05, 3.63) is 35.6 Å². The summed E-state index contributed by atoms with van der Waals surface area (Å²) >= 11 is 0. The summed E-state index contributed by atoms with van der Waals surface area (Å²) in [7, 11) is 0.